The highest BCUT2D eigenvalue weighted by Crippen LogP contribution is 2.38. The topological polar surface area (TPSA) is 96.5 Å². The van der Waals surface area contributed by atoms with Gasteiger partial charge in [-0.1, -0.05) is 36.9 Å². The summed E-state index contributed by atoms with van der Waals surface area (Å²) in [6.45, 7) is 1.96. The summed E-state index contributed by atoms with van der Waals surface area (Å²) in [5, 5.41) is 25.4. The summed E-state index contributed by atoms with van der Waals surface area (Å²) in [4.78, 5) is 14.2. The van der Waals surface area contributed by atoms with Crippen LogP contribution in [0.15, 0.2) is 35.5 Å². The van der Waals surface area contributed by atoms with E-state index in [0.29, 0.717) is 22.1 Å². The zero-order valence-corrected chi connectivity index (χ0v) is 17.6. The second-order valence-electron chi connectivity index (χ2n) is 6.74. The molecule has 148 valence electrons. The average Bonchev–Trinajstić information content (AvgIpc) is 3.36. The fraction of sp³-hybridized carbons (Fsp3) is 0.350. The highest BCUT2D eigenvalue weighted by molar-refractivity contribution is 8.00. The number of fused-ring (bicyclic) bond motifs is 1. The number of aryl methyl sites for hydroxylation is 1. The molecule has 29 heavy (non-hydrogen) atoms. The van der Waals surface area contributed by atoms with Gasteiger partial charge in [-0.2, -0.15) is 9.94 Å². The molecule has 1 unspecified atom stereocenters. The van der Waals surface area contributed by atoms with Crippen molar-refractivity contribution in [3.8, 4) is 11.8 Å². The summed E-state index contributed by atoms with van der Waals surface area (Å²) in [5.74, 6) is -0.129. The van der Waals surface area contributed by atoms with Gasteiger partial charge in [-0.05, 0) is 60.2 Å². The second kappa shape index (κ2) is 8.76. The summed E-state index contributed by atoms with van der Waals surface area (Å²) in [6, 6.07) is 11.9. The van der Waals surface area contributed by atoms with Crippen molar-refractivity contribution in [2.45, 2.75) is 49.4 Å². The predicted octanol–water partition coefficient (Wildman–Crippen LogP) is 3.98. The van der Waals surface area contributed by atoms with Gasteiger partial charge in [0, 0.05) is 4.88 Å². The Morgan fingerprint density at radius 3 is 2.90 bits per heavy atom. The summed E-state index contributed by atoms with van der Waals surface area (Å²) in [6.07, 6.45) is 4.76. The van der Waals surface area contributed by atoms with Crippen molar-refractivity contribution < 1.29 is 4.79 Å². The van der Waals surface area contributed by atoms with Crippen LogP contribution in [0.2, 0.25) is 0 Å². The third kappa shape index (κ3) is 4.04. The molecule has 2 aromatic heterocycles. The lowest BCUT2D eigenvalue weighted by Gasteiger charge is -2.13. The van der Waals surface area contributed by atoms with Crippen molar-refractivity contribution in [1.82, 2.24) is 20.2 Å². The van der Waals surface area contributed by atoms with Crippen LogP contribution < -0.4 is 5.32 Å². The van der Waals surface area contributed by atoms with E-state index in [2.05, 4.69) is 26.9 Å². The monoisotopic (exact) mass is 424 g/mol. The molecule has 0 saturated carbocycles. The maximum atomic E-state index is 13.0. The van der Waals surface area contributed by atoms with Crippen molar-refractivity contribution in [3.05, 3.63) is 46.3 Å². The first-order valence-electron chi connectivity index (χ1n) is 9.57. The quantitative estimate of drug-likeness (QED) is 0.601. The Labute approximate surface area is 177 Å². The number of carbonyl (C=O) groups excluding carboxylic acids is 1. The molecule has 1 atom stereocenters. The van der Waals surface area contributed by atoms with Crippen molar-refractivity contribution in [2.24, 2.45) is 0 Å². The number of hydrogen-bond acceptors (Lipinski definition) is 7. The van der Waals surface area contributed by atoms with Gasteiger partial charge >= 0.3 is 0 Å². The van der Waals surface area contributed by atoms with Crippen LogP contribution in [0.25, 0.3) is 5.69 Å². The lowest BCUT2D eigenvalue weighted by molar-refractivity contribution is -0.115. The van der Waals surface area contributed by atoms with E-state index in [4.69, 9.17) is 0 Å². The molecule has 0 spiro atoms. The predicted molar refractivity (Wildman–Crippen MR) is 113 cm³/mol. The first-order valence-corrected chi connectivity index (χ1v) is 11.3. The van der Waals surface area contributed by atoms with Crippen LogP contribution in [0.4, 0.5) is 5.00 Å². The molecule has 3 aromatic rings. The van der Waals surface area contributed by atoms with E-state index in [0.717, 1.165) is 36.9 Å². The molecule has 0 radical (unpaired) electrons. The number of rotatable bonds is 6. The number of thiophene rings is 1. The number of carbonyl (C=O) groups is 1. The minimum atomic E-state index is -0.367. The van der Waals surface area contributed by atoms with Gasteiger partial charge in [-0.15, -0.1) is 16.4 Å². The smallest absolute Gasteiger partial charge is 0.238 e. The van der Waals surface area contributed by atoms with E-state index >= 15 is 0 Å². The van der Waals surface area contributed by atoms with Crippen molar-refractivity contribution in [2.75, 3.05) is 5.32 Å². The first-order chi connectivity index (χ1) is 14.2. The van der Waals surface area contributed by atoms with Crippen molar-refractivity contribution in [3.63, 3.8) is 0 Å². The van der Waals surface area contributed by atoms with Gasteiger partial charge in [0.15, 0.2) is 0 Å². The zero-order valence-electron chi connectivity index (χ0n) is 16.0. The Balaban J connectivity index is 1.53. The number of nitriles is 1. The van der Waals surface area contributed by atoms with Gasteiger partial charge in [-0.3, -0.25) is 4.79 Å². The Kier molecular flexibility index (Phi) is 5.92. The lowest BCUT2D eigenvalue weighted by Crippen LogP contribution is -2.25. The minimum Gasteiger partial charge on any atom is -0.316 e. The number of thioether (sulfide) groups is 1. The Hall–Kier alpha value is -2.70. The number of nitrogens with zero attached hydrogens (tertiary/aromatic N) is 5. The third-order valence-corrected chi connectivity index (χ3v) is 7.38. The molecule has 0 bridgehead atoms. The molecule has 4 rings (SSSR count). The third-order valence-electron chi connectivity index (χ3n) is 4.87. The molecule has 0 aliphatic heterocycles. The maximum Gasteiger partial charge on any atom is 0.238 e. The molecule has 1 aliphatic carbocycles. The fourth-order valence-electron chi connectivity index (χ4n) is 3.40. The lowest BCUT2D eigenvalue weighted by atomic mass is 9.96. The summed E-state index contributed by atoms with van der Waals surface area (Å²) >= 11 is 2.87. The summed E-state index contributed by atoms with van der Waals surface area (Å²) in [7, 11) is 0. The van der Waals surface area contributed by atoms with Gasteiger partial charge in [0.05, 0.1) is 16.5 Å². The van der Waals surface area contributed by atoms with Crippen LogP contribution in [0.3, 0.4) is 0 Å². The molecule has 2 heterocycles. The van der Waals surface area contributed by atoms with Crippen LogP contribution in [0.1, 0.15) is 42.2 Å². The number of anilines is 1. The van der Waals surface area contributed by atoms with E-state index in [1.807, 2.05) is 37.3 Å². The Morgan fingerprint density at radius 1 is 1.34 bits per heavy atom. The van der Waals surface area contributed by atoms with Crippen molar-refractivity contribution in [1.29, 1.82) is 5.26 Å². The van der Waals surface area contributed by atoms with Gasteiger partial charge in [0.2, 0.25) is 11.1 Å². The standard InChI is InChI=1S/C20H20N6OS2/c1-2-16(29-20-23-24-25-26(20)13-8-4-3-5-9-13)18(27)22-19-15(12-21)14-10-6-7-11-17(14)28-19/h3-5,8-9,16H,2,6-7,10-11H2,1H3,(H,22,27). The summed E-state index contributed by atoms with van der Waals surface area (Å²) in [5.41, 5.74) is 2.59. The minimum absolute atomic E-state index is 0.129. The normalized spacial score (nSPS) is 14.1. The van der Waals surface area contributed by atoms with E-state index in [-0.39, 0.29) is 11.2 Å². The molecule has 0 fully saturated rings. The zero-order chi connectivity index (χ0) is 20.2. The van der Waals surface area contributed by atoms with Gasteiger partial charge < -0.3 is 5.32 Å². The molecule has 0 saturated heterocycles. The van der Waals surface area contributed by atoms with Gasteiger partial charge in [-0.25, -0.2) is 0 Å². The number of nitrogens with one attached hydrogen (secondary N) is 1. The van der Waals surface area contributed by atoms with Crippen LogP contribution >= 0.6 is 23.1 Å². The number of hydrogen-bond donors (Lipinski definition) is 1. The van der Waals surface area contributed by atoms with E-state index in [9.17, 15) is 10.1 Å². The molecule has 7 nitrogen and oxygen atoms in total. The molecule has 1 N–H and O–H groups in total. The molecular formula is C20H20N6OS2. The number of tetrazole rings is 1. The SMILES string of the molecule is CCC(Sc1nnnn1-c1ccccc1)C(=O)Nc1sc2c(c1C#N)CCCC2. The van der Waals surface area contributed by atoms with Crippen LogP contribution in [-0.4, -0.2) is 31.4 Å². The van der Waals surface area contributed by atoms with Gasteiger partial charge in [0.1, 0.15) is 11.1 Å². The van der Waals surface area contributed by atoms with Crippen molar-refractivity contribution >= 4 is 34.0 Å². The molecular weight excluding hydrogens is 404 g/mol. The van der Waals surface area contributed by atoms with E-state index in [1.165, 1.54) is 16.6 Å². The maximum absolute atomic E-state index is 13.0. The number of aromatic nitrogens is 4. The van der Waals surface area contributed by atoms with E-state index < -0.39 is 0 Å². The Morgan fingerprint density at radius 2 is 2.14 bits per heavy atom. The fourth-order valence-corrected chi connectivity index (χ4v) is 5.55. The Bertz CT molecular complexity index is 1050. The molecule has 1 aliphatic rings. The largest absolute Gasteiger partial charge is 0.316 e. The second-order valence-corrected chi connectivity index (χ2v) is 9.01. The highest BCUT2D eigenvalue weighted by atomic mass is 32.2. The first kappa shape index (κ1) is 19.6. The number of amides is 1. The highest BCUT2D eigenvalue weighted by Gasteiger charge is 2.26. The van der Waals surface area contributed by atoms with Crippen LogP contribution in [0.5, 0.6) is 0 Å². The van der Waals surface area contributed by atoms with Crippen LogP contribution in [0, 0.1) is 11.3 Å². The van der Waals surface area contributed by atoms with Crippen LogP contribution in [-0.2, 0) is 17.6 Å². The van der Waals surface area contributed by atoms with Gasteiger partial charge in [0.25, 0.3) is 0 Å². The summed E-state index contributed by atoms with van der Waals surface area (Å²) < 4.78 is 1.63. The molecule has 1 aromatic carbocycles. The van der Waals surface area contributed by atoms with E-state index in [1.54, 1.807) is 16.0 Å². The molecule has 1 amide bonds. The number of benzene rings is 1. The average molecular weight is 425 g/mol. The number of para-hydroxylation sites is 1. The molecule has 9 heteroatoms.